The molecule has 0 fully saturated rings. The van der Waals surface area contributed by atoms with Crippen molar-refractivity contribution in [2.45, 2.75) is 33.7 Å². The monoisotopic (exact) mass is 374 g/mol. The van der Waals surface area contributed by atoms with Crippen molar-refractivity contribution in [1.29, 1.82) is 0 Å². The van der Waals surface area contributed by atoms with Gasteiger partial charge in [0, 0.05) is 18.3 Å². The molecule has 0 spiro atoms. The van der Waals surface area contributed by atoms with Gasteiger partial charge in [0.1, 0.15) is 11.3 Å². The van der Waals surface area contributed by atoms with E-state index in [1.807, 2.05) is 27.7 Å². The molecule has 1 aromatic carbocycles. The van der Waals surface area contributed by atoms with Crippen LogP contribution in [-0.4, -0.2) is 26.9 Å². The number of ether oxygens (including phenoxy) is 1. The van der Waals surface area contributed by atoms with E-state index in [9.17, 15) is 13.6 Å². The summed E-state index contributed by atoms with van der Waals surface area (Å²) in [5, 5.41) is 2.93. The lowest BCUT2D eigenvalue weighted by atomic mass is 9.88. The standard InChI is InChI=1S/C19H20F2N4O2/c1-10(19(2,3)4)24-18(26)12-8-22-17-16(12)25-15(9-23-17)27-14-6-5-11(20)7-13(14)21/h5-10H,1-4H3,(H,22,23)(H,24,26)/t10-/m0/s1. The number of nitrogens with zero attached hydrogens (tertiary/aromatic N) is 2. The first kappa shape index (κ1) is 18.8. The summed E-state index contributed by atoms with van der Waals surface area (Å²) in [6, 6.07) is 2.88. The highest BCUT2D eigenvalue weighted by Crippen LogP contribution is 2.25. The van der Waals surface area contributed by atoms with Gasteiger partial charge >= 0.3 is 0 Å². The summed E-state index contributed by atoms with van der Waals surface area (Å²) in [6.07, 6.45) is 2.80. The van der Waals surface area contributed by atoms with Crippen LogP contribution in [0.1, 0.15) is 38.1 Å². The Hall–Kier alpha value is -3.03. The highest BCUT2D eigenvalue weighted by Gasteiger charge is 2.24. The fourth-order valence-corrected chi connectivity index (χ4v) is 2.26. The quantitative estimate of drug-likeness (QED) is 0.717. The van der Waals surface area contributed by atoms with Gasteiger partial charge in [0.15, 0.2) is 17.2 Å². The Morgan fingerprint density at radius 2 is 2.04 bits per heavy atom. The van der Waals surface area contributed by atoms with Gasteiger partial charge in [-0.25, -0.2) is 18.7 Å². The van der Waals surface area contributed by atoms with Crippen LogP contribution in [0.5, 0.6) is 11.6 Å². The number of halogens is 2. The van der Waals surface area contributed by atoms with E-state index >= 15 is 0 Å². The van der Waals surface area contributed by atoms with Crippen LogP contribution in [-0.2, 0) is 0 Å². The van der Waals surface area contributed by atoms with Crippen molar-refractivity contribution in [3.63, 3.8) is 0 Å². The van der Waals surface area contributed by atoms with Crippen molar-refractivity contribution < 1.29 is 18.3 Å². The molecule has 0 aliphatic rings. The number of hydrogen-bond acceptors (Lipinski definition) is 4. The van der Waals surface area contributed by atoms with E-state index in [4.69, 9.17) is 4.74 Å². The van der Waals surface area contributed by atoms with E-state index in [-0.39, 0.29) is 29.0 Å². The molecular formula is C19H20F2N4O2. The summed E-state index contributed by atoms with van der Waals surface area (Å²) >= 11 is 0. The molecule has 6 nitrogen and oxygen atoms in total. The zero-order chi connectivity index (χ0) is 19.8. The zero-order valence-corrected chi connectivity index (χ0v) is 15.4. The molecule has 2 aromatic heterocycles. The van der Waals surface area contributed by atoms with Crippen molar-refractivity contribution >= 4 is 17.1 Å². The van der Waals surface area contributed by atoms with Crippen LogP contribution >= 0.6 is 0 Å². The average molecular weight is 374 g/mol. The van der Waals surface area contributed by atoms with Gasteiger partial charge in [0.05, 0.1) is 11.8 Å². The van der Waals surface area contributed by atoms with Gasteiger partial charge in [-0.2, -0.15) is 0 Å². The Balaban J connectivity index is 1.89. The number of fused-ring (bicyclic) bond motifs is 1. The van der Waals surface area contributed by atoms with E-state index in [1.165, 1.54) is 12.4 Å². The highest BCUT2D eigenvalue weighted by atomic mass is 19.1. The summed E-state index contributed by atoms with van der Waals surface area (Å²) < 4.78 is 32.1. The van der Waals surface area contributed by atoms with Crippen molar-refractivity contribution in [3.05, 3.63) is 47.8 Å². The SMILES string of the molecule is C[C@H](NC(=O)c1c[nH]c2ncc(Oc3ccc(F)cc3F)nc12)C(C)(C)C. The van der Waals surface area contributed by atoms with E-state index in [2.05, 4.69) is 20.3 Å². The maximum atomic E-state index is 13.8. The molecule has 3 aromatic rings. The third-order valence-corrected chi connectivity index (χ3v) is 4.36. The van der Waals surface area contributed by atoms with Gasteiger partial charge in [0.25, 0.3) is 5.91 Å². The highest BCUT2D eigenvalue weighted by molar-refractivity contribution is 6.04. The molecule has 1 atom stereocenters. The van der Waals surface area contributed by atoms with Gasteiger partial charge in [-0.3, -0.25) is 4.79 Å². The van der Waals surface area contributed by atoms with Crippen LogP contribution < -0.4 is 10.1 Å². The predicted molar refractivity (Wildman–Crippen MR) is 96.7 cm³/mol. The molecule has 142 valence electrons. The van der Waals surface area contributed by atoms with Gasteiger partial charge in [-0.15, -0.1) is 0 Å². The van der Waals surface area contributed by atoms with Gasteiger partial charge in [-0.05, 0) is 24.5 Å². The number of rotatable bonds is 4. The number of carbonyl (C=O) groups excluding carboxylic acids is 1. The summed E-state index contributed by atoms with van der Waals surface area (Å²) in [5.74, 6) is -2.07. The number of carbonyl (C=O) groups is 1. The fraction of sp³-hybridized carbons (Fsp3) is 0.316. The average Bonchev–Trinajstić information content (AvgIpc) is 2.99. The number of H-pyrrole nitrogens is 1. The molecule has 2 heterocycles. The second kappa shape index (κ2) is 6.94. The third-order valence-electron chi connectivity index (χ3n) is 4.36. The lowest BCUT2D eigenvalue weighted by Crippen LogP contribution is -2.41. The lowest BCUT2D eigenvalue weighted by Gasteiger charge is -2.27. The van der Waals surface area contributed by atoms with Crippen LogP contribution in [0, 0.1) is 17.0 Å². The van der Waals surface area contributed by atoms with Crippen LogP contribution in [0.25, 0.3) is 11.2 Å². The molecule has 1 amide bonds. The molecule has 0 aliphatic carbocycles. The van der Waals surface area contributed by atoms with Crippen LogP contribution in [0.15, 0.2) is 30.6 Å². The van der Waals surface area contributed by atoms with Crippen molar-refractivity contribution in [2.24, 2.45) is 5.41 Å². The minimum atomic E-state index is -0.858. The van der Waals surface area contributed by atoms with Crippen LogP contribution in [0.4, 0.5) is 8.78 Å². The third kappa shape index (κ3) is 4.05. The second-order valence-corrected chi connectivity index (χ2v) is 7.35. The summed E-state index contributed by atoms with van der Waals surface area (Å²) in [4.78, 5) is 23.9. The summed E-state index contributed by atoms with van der Waals surface area (Å²) in [6.45, 7) is 7.99. The second-order valence-electron chi connectivity index (χ2n) is 7.35. The van der Waals surface area contributed by atoms with Crippen LogP contribution in [0.3, 0.4) is 0 Å². The van der Waals surface area contributed by atoms with E-state index in [0.717, 1.165) is 12.1 Å². The molecule has 0 aliphatic heterocycles. The number of aromatic amines is 1. The number of benzene rings is 1. The van der Waals surface area contributed by atoms with Crippen molar-refractivity contribution in [1.82, 2.24) is 20.3 Å². The number of nitrogens with one attached hydrogen (secondary N) is 2. The van der Waals surface area contributed by atoms with Gasteiger partial charge < -0.3 is 15.0 Å². The van der Waals surface area contributed by atoms with Gasteiger partial charge in [-0.1, -0.05) is 20.8 Å². The largest absolute Gasteiger partial charge is 0.434 e. The Bertz CT molecular complexity index is 995. The normalized spacial score (nSPS) is 12.8. The molecule has 0 unspecified atom stereocenters. The first-order chi connectivity index (χ1) is 12.6. The minimum Gasteiger partial charge on any atom is -0.434 e. The Morgan fingerprint density at radius 1 is 1.30 bits per heavy atom. The molecule has 2 N–H and O–H groups in total. The lowest BCUT2D eigenvalue weighted by molar-refractivity contribution is 0.0911. The first-order valence-corrected chi connectivity index (χ1v) is 8.43. The van der Waals surface area contributed by atoms with E-state index in [1.54, 1.807) is 0 Å². The van der Waals surface area contributed by atoms with E-state index in [0.29, 0.717) is 22.8 Å². The Kier molecular flexibility index (Phi) is 4.82. The maximum absolute atomic E-state index is 13.8. The Labute approximate surface area is 155 Å². The first-order valence-electron chi connectivity index (χ1n) is 8.43. The number of hydrogen-bond donors (Lipinski definition) is 2. The van der Waals surface area contributed by atoms with Crippen molar-refractivity contribution in [3.8, 4) is 11.6 Å². The van der Waals surface area contributed by atoms with Crippen molar-refractivity contribution in [2.75, 3.05) is 0 Å². The Morgan fingerprint density at radius 3 is 2.70 bits per heavy atom. The number of aromatic nitrogens is 3. The summed E-state index contributed by atoms with van der Waals surface area (Å²) in [7, 11) is 0. The van der Waals surface area contributed by atoms with E-state index < -0.39 is 11.6 Å². The van der Waals surface area contributed by atoms with Crippen LogP contribution in [0.2, 0.25) is 0 Å². The maximum Gasteiger partial charge on any atom is 0.255 e. The molecule has 8 heteroatoms. The molecule has 0 saturated carbocycles. The molecule has 0 radical (unpaired) electrons. The fourth-order valence-electron chi connectivity index (χ4n) is 2.26. The smallest absolute Gasteiger partial charge is 0.255 e. The molecular weight excluding hydrogens is 354 g/mol. The number of amides is 1. The zero-order valence-electron chi connectivity index (χ0n) is 15.4. The summed E-state index contributed by atoms with van der Waals surface area (Å²) in [5.41, 5.74) is 0.893. The topological polar surface area (TPSA) is 79.9 Å². The predicted octanol–water partition coefficient (Wildman–Crippen LogP) is 4.19. The molecule has 0 bridgehead atoms. The molecule has 3 rings (SSSR count). The molecule has 27 heavy (non-hydrogen) atoms. The minimum absolute atomic E-state index is 0.00877. The molecule has 0 saturated heterocycles. The van der Waals surface area contributed by atoms with Gasteiger partial charge in [0.2, 0.25) is 5.88 Å².